The van der Waals surface area contributed by atoms with E-state index in [2.05, 4.69) is 25.4 Å². The van der Waals surface area contributed by atoms with Gasteiger partial charge in [0.25, 0.3) is 5.91 Å². The SMILES string of the molecule is CC1(C)C(NC(=O)O)=N[C@](C)(c2cc(NC(=O)c3nn(C(F)F)cc3Cl)ccc2F)[C@@H]2CCNS21O. The number of amides is 2. The second-order valence-electron chi connectivity index (χ2n) is 9.08. The molecule has 0 radical (unpaired) electrons. The van der Waals surface area contributed by atoms with Gasteiger partial charge in [0, 0.05) is 17.8 Å². The van der Waals surface area contributed by atoms with Crippen LogP contribution < -0.4 is 15.4 Å². The number of halogens is 4. The Morgan fingerprint density at radius 3 is 2.61 bits per heavy atom. The molecule has 10 nitrogen and oxygen atoms in total. The maximum atomic E-state index is 15.2. The number of rotatable bonds is 4. The number of anilines is 1. The number of aromatic nitrogens is 2. The minimum absolute atomic E-state index is 0.00400. The van der Waals surface area contributed by atoms with E-state index >= 15 is 4.39 Å². The van der Waals surface area contributed by atoms with Crippen LogP contribution >= 0.6 is 22.1 Å². The number of aliphatic imine (C=N–C) groups is 1. The molecule has 196 valence electrons. The number of benzene rings is 1. The number of alkyl halides is 2. The number of hydrogen-bond donors (Lipinski definition) is 5. The second kappa shape index (κ2) is 8.94. The molecule has 1 aromatic carbocycles. The number of nitrogens with zero attached hydrogens (tertiary/aromatic N) is 3. The van der Waals surface area contributed by atoms with Crippen molar-refractivity contribution in [2.24, 2.45) is 4.99 Å². The third-order valence-corrected chi connectivity index (χ3v) is 10.7. The molecule has 1 saturated heterocycles. The Morgan fingerprint density at radius 1 is 1.31 bits per heavy atom. The maximum absolute atomic E-state index is 15.2. The topological polar surface area (TPSA) is 141 Å². The quantitative estimate of drug-likeness (QED) is 0.379. The van der Waals surface area contributed by atoms with Crippen LogP contribution in [0.2, 0.25) is 5.02 Å². The molecular formula is C21H24ClF3N6O4S. The molecular weight excluding hydrogens is 525 g/mol. The van der Waals surface area contributed by atoms with E-state index < -0.39 is 56.1 Å². The molecule has 3 atom stereocenters. The number of carbonyl (C=O) groups is 2. The Bertz CT molecular complexity index is 1270. The molecule has 2 aromatic rings. The van der Waals surface area contributed by atoms with Gasteiger partial charge >= 0.3 is 12.6 Å². The van der Waals surface area contributed by atoms with Gasteiger partial charge in [-0.25, -0.2) is 13.9 Å². The van der Waals surface area contributed by atoms with Crippen LogP contribution in [0.5, 0.6) is 0 Å². The largest absolute Gasteiger partial charge is 0.465 e. The molecule has 0 saturated carbocycles. The summed E-state index contributed by atoms with van der Waals surface area (Å²) in [7, 11) is -2.74. The summed E-state index contributed by atoms with van der Waals surface area (Å²) in [6.45, 7) is 2.33. The third-order valence-electron chi connectivity index (χ3n) is 6.56. The van der Waals surface area contributed by atoms with Crippen molar-refractivity contribution < 1.29 is 32.4 Å². The number of fused-ring (bicyclic) bond motifs is 1. The predicted molar refractivity (Wildman–Crippen MR) is 129 cm³/mol. The molecule has 0 bridgehead atoms. The number of hydrogen-bond acceptors (Lipinski definition) is 6. The lowest BCUT2D eigenvalue weighted by molar-refractivity contribution is 0.0561. The molecule has 0 aliphatic carbocycles. The highest BCUT2D eigenvalue weighted by Crippen LogP contribution is 2.67. The highest BCUT2D eigenvalue weighted by molar-refractivity contribution is 8.29. The van der Waals surface area contributed by atoms with Gasteiger partial charge < -0.3 is 15.0 Å². The Balaban J connectivity index is 1.77. The summed E-state index contributed by atoms with van der Waals surface area (Å²) in [5, 5.41) is 16.7. The zero-order chi connectivity index (χ0) is 26.6. The molecule has 1 fully saturated rings. The first-order chi connectivity index (χ1) is 16.7. The van der Waals surface area contributed by atoms with E-state index in [0.717, 1.165) is 12.3 Å². The number of nitrogens with one attached hydrogen (secondary N) is 3. The number of amidine groups is 1. The van der Waals surface area contributed by atoms with Crippen molar-refractivity contribution in [1.82, 2.24) is 19.8 Å². The average molecular weight is 549 g/mol. The molecule has 0 spiro atoms. The van der Waals surface area contributed by atoms with E-state index in [1.54, 1.807) is 20.8 Å². The second-order valence-corrected chi connectivity index (χ2v) is 12.6. The van der Waals surface area contributed by atoms with Crippen molar-refractivity contribution in [1.29, 1.82) is 0 Å². The van der Waals surface area contributed by atoms with Crippen molar-refractivity contribution in [3.8, 4) is 0 Å². The van der Waals surface area contributed by atoms with Crippen molar-refractivity contribution in [3.63, 3.8) is 0 Å². The summed E-state index contributed by atoms with van der Waals surface area (Å²) in [6, 6.07) is 3.66. The maximum Gasteiger partial charge on any atom is 0.410 e. The van der Waals surface area contributed by atoms with Crippen LogP contribution in [0.4, 0.5) is 23.7 Å². The lowest BCUT2D eigenvalue weighted by Crippen LogP contribution is -2.59. The standard InChI is InChI=1S/C21H24ClF3N6O4S/c1-20(2)17(28-19(33)34)29-21(3,14-6-7-26-36(14,20)35)11-8-10(4-5-13(11)23)27-16(32)15-12(22)9-31(30-15)18(24)25/h4-5,8-9,14,18,26,35H,6-7H2,1-3H3,(H,27,32)(H,28,29)(H,33,34)/t14-,21+/m0/s1. The van der Waals surface area contributed by atoms with Crippen molar-refractivity contribution in [3.05, 3.63) is 46.5 Å². The summed E-state index contributed by atoms with van der Waals surface area (Å²) in [5.41, 5.74) is -1.76. The van der Waals surface area contributed by atoms with Gasteiger partial charge in [-0.2, -0.15) is 13.9 Å². The van der Waals surface area contributed by atoms with Crippen LogP contribution in [0, 0.1) is 5.82 Å². The number of carbonyl (C=O) groups excluding carboxylic acids is 1. The van der Waals surface area contributed by atoms with E-state index in [0.29, 0.717) is 13.0 Å². The van der Waals surface area contributed by atoms with Crippen LogP contribution in [0.15, 0.2) is 29.4 Å². The van der Waals surface area contributed by atoms with Gasteiger partial charge in [0.1, 0.15) is 17.2 Å². The summed E-state index contributed by atoms with van der Waals surface area (Å²) in [5.74, 6) is -1.62. The van der Waals surface area contributed by atoms with Crippen LogP contribution in [0.25, 0.3) is 0 Å². The Hall–Kier alpha value is -2.81. The first kappa shape index (κ1) is 26.3. The fraction of sp³-hybridized carbons (Fsp3) is 0.429. The lowest BCUT2D eigenvalue weighted by atomic mass is 9.85. The van der Waals surface area contributed by atoms with Crippen LogP contribution in [0.3, 0.4) is 0 Å². The summed E-state index contributed by atoms with van der Waals surface area (Å²) >= 11 is 5.87. The molecule has 1 unspecified atom stereocenters. The Morgan fingerprint density at radius 2 is 2.00 bits per heavy atom. The zero-order valence-corrected chi connectivity index (χ0v) is 20.9. The molecule has 1 aromatic heterocycles. The van der Waals surface area contributed by atoms with Crippen LogP contribution in [0.1, 0.15) is 49.8 Å². The third kappa shape index (κ3) is 4.11. The van der Waals surface area contributed by atoms with Gasteiger partial charge in [0.2, 0.25) is 0 Å². The van der Waals surface area contributed by atoms with Gasteiger partial charge in [-0.1, -0.05) is 22.1 Å². The lowest BCUT2D eigenvalue weighted by Gasteiger charge is -2.56. The molecule has 2 aliphatic heterocycles. The van der Waals surface area contributed by atoms with E-state index in [-0.39, 0.29) is 26.8 Å². The first-order valence-electron chi connectivity index (χ1n) is 10.7. The highest BCUT2D eigenvalue weighted by Gasteiger charge is 2.61. The highest BCUT2D eigenvalue weighted by atomic mass is 35.5. The van der Waals surface area contributed by atoms with Gasteiger partial charge in [-0.15, -0.1) is 0 Å². The van der Waals surface area contributed by atoms with Crippen molar-refractivity contribution in [2.45, 2.75) is 49.3 Å². The molecule has 15 heteroatoms. The molecule has 2 aliphatic rings. The summed E-state index contributed by atoms with van der Waals surface area (Å²) < 4.78 is 55.0. The van der Waals surface area contributed by atoms with E-state index in [4.69, 9.17) is 11.6 Å². The predicted octanol–water partition coefficient (Wildman–Crippen LogP) is 4.55. The van der Waals surface area contributed by atoms with Crippen LogP contribution in [-0.4, -0.2) is 53.8 Å². The number of carboxylic acid groups (broad SMARTS) is 1. The normalized spacial score (nSPS) is 28.7. The Labute approximate surface area is 210 Å². The molecule has 2 amide bonds. The van der Waals surface area contributed by atoms with Gasteiger partial charge in [-0.05, 0) is 45.4 Å². The van der Waals surface area contributed by atoms with E-state index in [1.165, 1.54) is 12.1 Å². The van der Waals surface area contributed by atoms with E-state index in [9.17, 15) is 28.0 Å². The molecule has 3 heterocycles. The van der Waals surface area contributed by atoms with Crippen molar-refractivity contribution in [2.75, 3.05) is 11.9 Å². The smallest absolute Gasteiger partial charge is 0.410 e. The van der Waals surface area contributed by atoms with Gasteiger partial charge in [0.15, 0.2) is 5.69 Å². The molecule has 36 heavy (non-hydrogen) atoms. The first-order valence-corrected chi connectivity index (χ1v) is 12.8. The molecule has 5 N–H and O–H groups in total. The zero-order valence-electron chi connectivity index (χ0n) is 19.4. The molecule has 4 rings (SSSR count). The van der Waals surface area contributed by atoms with E-state index in [1.807, 2.05) is 0 Å². The average Bonchev–Trinajstić information content (AvgIpc) is 3.38. The Kier molecular flexibility index (Phi) is 6.52. The van der Waals surface area contributed by atoms with Crippen LogP contribution in [-0.2, 0) is 5.54 Å². The monoisotopic (exact) mass is 548 g/mol. The minimum atomic E-state index is -3.00. The van der Waals surface area contributed by atoms with Gasteiger partial charge in [0.05, 0.1) is 21.2 Å². The summed E-state index contributed by atoms with van der Waals surface area (Å²) in [4.78, 5) is 28.7. The fourth-order valence-corrected chi connectivity index (χ4v) is 8.29. The summed E-state index contributed by atoms with van der Waals surface area (Å²) in [6.07, 6.45) is -0.137. The van der Waals surface area contributed by atoms with Crippen molar-refractivity contribution >= 4 is 45.6 Å². The minimum Gasteiger partial charge on any atom is -0.465 e. The van der Waals surface area contributed by atoms with Gasteiger partial charge in [-0.3, -0.25) is 19.8 Å². The fourth-order valence-electron chi connectivity index (χ4n) is 4.67.